The van der Waals surface area contributed by atoms with Crippen molar-refractivity contribution in [2.75, 3.05) is 5.32 Å². The minimum absolute atomic E-state index is 0.182. The van der Waals surface area contributed by atoms with Crippen LogP contribution in [0.4, 0.5) is 5.13 Å². The van der Waals surface area contributed by atoms with Crippen LogP contribution in [0.25, 0.3) is 0 Å². The van der Waals surface area contributed by atoms with Crippen molar-refractivity contribution in [1.29, 1.82) is 0 Å². The largest absolute Gasteiger partial charge is 0.296 e. The van der Waals surface area contributed by atoms with Crippen LogP contribution in [0.5, 0.6) is 0 Å². The first kappa shape index (κ1) is 18.8. The van der Waals surface area contributed by atoms with Crippen molar-refractivity contribution in [2.45, 2.75) is 17.1 Å². The van der Waals surface area contributed by atoms with Crippen LogP contribution < -0.4 is 5.32 Å². The van der Waals surface area contributed by atoms with Crippen molar-refractivity contribution in [2.24, 2.45) is 0 Å². The summed E-state index contributed by atoms with van der Waals surface area (Å²) in [7, 11) is 0. The van der Waals surface area contributed by atoms with Gasteiger partial charge in [0.1, 0.15) is 5.01 Å². The molecule has 0 unspecified atom stereocenters. The second-order valence-electron chi connectivity index (χ2n) is 5.91. The summed E-state index contributed by atoms with van der Waals surface area (Å²) >= 11 is 4.69. The third-order valence-electron chi connectivity index (χ3n) is 3.87. The Morgan fingerprint density at radius 2 is 1.86 bits per heavy atom. The molecule has 0 atom stereocenters. The van der Waals surface area contributed by atoms with Gasteiger partial charge in [-0.25, -0.2) is 4.98 Å². The summed E-state index contributed by atoms with van der Waals surface area (Å²) in [4.78, 5) is 17.8. The van der Waals surface area contributed by atoms with Gasteiger partial charge in [-0.05, 0) is 29.8 Å². The standard InChI is InChI=1S/C20H16N4OS3/c25-19(15-6-8-17(9-7-15)27-12-16-11-26-13-21-16)22-20-24-23-18(28-20)10-14-4-2-1-3-5-14/h1-9,11,13H,10,12H2,(H,22,24,25). The molecule has 1 N–H and O–H groups in total. The fraction of sp³-hybridized carbons (Fsp3) is 0.100. The maximum absolute atomic E-state index is 12.4. The first-order chi connectivity index (χ1) is 13.8. The van der Waals surface area contributed by atoms with E-state index in [2.05, 4.69) is 20.5 Å². The van der Waals surface area contributed by atoms with Crippen LogP contribution in [0.3, 0.4) is 0 Å². The van der Waals surface area contributed by atoms with Crippen molar-refractivity contribution in [3.05, 3.63) is 87.3 Å². The van der Waals surface area contributed by atoms with Gasteiger partial charge in [0.15, 0.2) is 0 Å². The predicted molar refractivity (Wildman–Crippen MR) is 115 cm³/mol. The third-order valence-corrected chi connectivity index (χ3v) is 6.39. The monoisotopic (exact) mass is 424 g/mol. The Hall–Kier alpha value is -2.55. The Morgan fingerprint density at radius 1 is 1.04 bits per heavy atom. The molecule has 0 aliphatic rings. The molecule has 28 heavy (non-hydrogen) atoms. The molecule has 1 amide bonds. The van der Waals surface area contributed by atoms with E-state index in [0.29, 0.717) is 17.1 Å². The first-order valence-corrected chi connectivity index (χ1v) is 11.3. The predicted octanol–water partition coefficient (Wildman–Crippen LogP) is 5.13. The number of amides is 1. The number of nitrogens with one attached hydrogen (secondary N) is 1. The van der Waals surface area contributed by atoms with Crippen molar-refractivity contribution < 1.29 is 4.79 Å². The highest BCUT2D eigenvalue weighted by molar-refractivity contribution is 7.98. The lowest BCUT2D eigenvalue weighted by molar-refractivity contribution is 0.102. The van der Waals surface area contributed by atoms with E-state index in [4.69, 9.17) is 0 Å². The Kier molecular flexibility index (Phi) is 6.11. The van der Waals surface area contributed by atoms with Crippen LogP contribution in [0, 0.1) is 0 Å². The van der Waals surface area contributed by atoms with Gasteiger partial charge in [-0.2, -0.15) is 0 Å². The van der Waals surface area contributed by atoms with Crippen molar-refractivity contribution in [1.82, 2.24) is 15.2 Å². The molecule has 140 valence electrons. The number of thiazole rings is 1. The molecule has 0 aliphatic heterocycles. The molecule has 0 fully saturated rings. The van der Waals surface area contributed by atoms with Crippen LogP contribution in [-0.2, 0) is 12.2 Å². The minimum atomic E-state index is -0.182. The number of carbonyl (C=O) groups excluding carboxylic acids is 1. The molecule has 0 saturated heterocycles. The summed E-state index contributed by atoms with van der Waals surface area (Å²) < 4.78 is 0. The summed E-state index contributed by atoms with van der Waals surface area (Å²) in [5, 5.41) is 14.5. The Labute approximate surface area is 174 Å². The molecular formula is C20H16N4OS3. The zero-order chi connectivity index (χ0) is 19.2. The van der Waals surface area contributed by atoms with Gasteiger partial charge in [0, 0.05) is 28.0 Å². The lowest BCUT2D eigenvalue weighted by Gasteiger charge is -2.03. The molecule has 2 aromatic carbocycles. The Bertz CT molecular complexity index is 1030. The van der Waals surface area contributed by atoms with Gasteiger partial charge in [-0.1, -0.05) is 41.7 Å². The summed E-state index contributed by atoms with van der Waals surface area (Å²) in [5.41, 5.74) is 4.67. The smallest absolute Gasteiger partial charge is 0.257 e. The van der Waals surface area contributed by atoms with Crippen LogP contribution in [-0.4, -0.2) is 21.1 Å². The SMILES string of the molecule is O=C(Nc1nnc(Cc2ccccc2)s1)c1ccc(SCc2cscn2)cc1. The van der Waals surface area contributed by atoms with Gasteiger partial charge >= 0.3 is 0 Å². The number of carbonyl (C=O) groups is 1. The topological polar surface area (TPSA) is 67.8 Å². The number of hydrogen-bond acceptors (Lipinski definition) is 7. The van der Waals surface area contributed by atoms with Crippen molar-refractivity contribution in [3.8, 4) is 0 Å². The fourth-order valence-corrected chi connectivity index (χ4v) is 4.72. The molecule has 4 aromatic rings. The maximum atomic E-state index is 12.4. The van der Waals surface area contributed by atoms with Crippen LogP contribution >= 0.6 is 34.4 Å². The van der Waals surface area contributed by atoms with E-state index in [1.807, 2.05) is 65.5 Å². The zero-order valence-corrected chi connectivity index (χ0v) is 17.2. The highest BCUT2D eigenvalue weighted by Gasteiger charge is 2.11. The average Bonchev–Trinajstić information content (AvgIpc) is 3.40. The van der Waals surface area contributed by atoms with Gasteiger partial charge in [0.05, 0.1) is 11.2 Å². The van der Waals surface area contributed by atoms with E-state index in [0.717, 1.165) is 21.3 Å². The molecule has 2 aromatic heterocycles. The van der Waals surface area contributed by atoms with Crippen molar-refractivity contribution in [3.63, 3.8) is 0 Å². The molecule has 0 radical (unpaired) electrons. The Balaban J connectivity index is 1.33. The molecule has 4 rings (SSSR count). The summed E-state index contributed by atoms with van der Waals surface area (Å²) in [6.45, 7) is 0. The summed E-state index contributed by atoms with van der Waals surface area (Å²) in [6, 6.07) is 17.6. The van der Waals surface area contributed by atoms with Gasteiger partial charge in [-0.15, -0.1) is 33.3 Å². The molecule has 0 spiro atoms. The second kappa shape index (κ2) is 9.09. The minimum Gasteiger partial charge on any atom is -0.296 e. The molecule has 8 heteroatoms. The molecule has 0 saturated carbocycles. The van der Waals surface area contributed by atoms with E-state index in [-0.39, 0.29) is 5.91 Å². The molecule has 2 heterocycles. The number of rotatable bonds is 7. The number of benzene rings is 2. The molecular weight excluding hydrogens is 408 g/mol. The number of nitrogens with zero attached hydrogens (tertiary/aromatic N) is 3. The highest BCUT2D eigenvalue weighted by atomic mass is 32.2. The van der Waals surface area contributed by atoms with Gasteiger partial charge in [0.25, 0.3) is 5.91 Å². The number of aromatic nitrogens is 3. The normalized spacial score (nSPS) is 10.7. The van der Waals surface area contributed by atoms with E-state index < -0.39 is 0 Å². The van der Waals surface area contributed by atoms with Gasteiger partial charge in [-0.3, -0.25) is 10.1 Å². The summed E-state index contributed by atoms with van der Waals surface area (Å²) in [5.74, 6) is 0.641. The van der Waals surface area contributed by atoms with E-state index in [1.165, 1.54) is 16.9 Å². The summed E-state index contributed by atoms with van der Waals surface area (Å²) in [6.07, 6.45) is 0.708. The Morgan fingerprint density at radius 3 is 2.61 bits per heavy atom. The quantitative estimate of drug-likeness (QED) is 0.417. The maximum Gasteiger partial charge on any atom is 0.257 e. The third kappa shape index (κ3) is 5.03. The van der Waals surface area contributed by atoms with Gasteiger partial charge in [0.2, 0.25) is 5.13 Å². The first-order valence-electron chi connectivity index (χ1n) is 8.54. The van der Waals surface area contributed by atoms with E-state index in [9.17, 15) is 4.79 Å². The number of anilines is 1. The number of thioether (sulfide) groups is 1. The zero-order valence-electron chi connectivity index (χ0n) is 14.7. The second-order valence-corrected chi connectivity index (χ2v) is 8.74. The van der Waals surface area contributed by atoms with E-state index in [1.54, 1.807) is 23.1 Å². The average molecular weight is 425 g/mol. The highest BCUT2D eigenvalue weighted by Crippen LogP contribution is 2.24. The van der Waals surface area contributed by atoms with Crippen LogP contribution in [0.1, 0.15) is 26.6 Å². The van der Waals surface area contributed by atoms with E-state index >= 15 is 0 Å². The van der Waals surface area contributed by atoms with Crippen molar-refractivity contribution >= 4 is 45.5 Å². The number of hydrogen-bond donors (Lipinski definition) is 1. The molecule has 5 nitrogen and oxygen atoms in total. The molecule has 0 aliphatic carbocycles. The van der Waals surface area contributed by atoms with Crippen LogP contribution in [0.15, 0.2) is 70.4 Å². The lowest BCUT2D eigenvalue weighted by Crippen LogP contribution is -2.11. The van der Waals surface area contributed by atoms with Crippen LogP contribution in [0.2, 0.25) is 0 Å². The lowest BCUT2D eigenvalue weighted by atomic mass is 10.2. The molecule has 0 bridgehead atoms. The fourth-order valence-electron chi connectivity index (χ4n) is 2.48. The van der Waals surface area contributed by atoms with Gasteiger partial charge < -0.3 is 0 Å².